The van der Waals surface area contributed by atoms with Gasteiger partial charge < -0.3 is 0 Å². The van der Waals surface area contributed by atoms with Crippen molar-refractivity contribution in [2.45, 2.75) is 13.5 Å². The highest BCUT2D eigenvalue weighted by atomic mass is 35.5. The molecule has 0 fully saturated rings. The number of halogens is 2. The molecule has 6 heteroatoms. The molecule has 0 N–H and O–H groups in total. The number of anilines is 1. The van der Waals surface area contributed by atoms with Gasteiger partial charge in [-0.1, -0.05) is 65.4 Å². The molecule has 0 radical (unpaired) electrons. The van der Waals surface area contributed by atoms with E-state index >= 15 is 0 Å². The molecule has 0 aliphatic heterocycles. The first-order chi connectivity index (χ1) is 13.5. The van der Waals surface area contributed by atoms with Gasteiger partial charge in [-0.3, -0.25) is 9.69 Å². The lowest BCUT2D eigenvalue weighted by Crippen LogP contribution is -2.30. The monoisotopic (exact) mass is 410 g/mol. The van der Waals surface area contributed by atoms with Gasteiger partial charge in [-0.25, -0.2) is 9.37 Å². The normalized spacial score (nSPS) is 11.0. The number of thiazole rings is 1. The fourth-order valence-corrected chi connectivity index (χ4v) is 4.29. The van der Waals surface area contributed by atoms with Crippen molar-refractivity contribution in [1.82, 2.24) is 4.98 Å². The van der Waals surface area contributed by atoms with Crippen LogP contribution in [-0.2, 0) is 6.54 Å². The van der Waals surface area contributed by atoms with Gasteiger partial charge in [-0.2, -0.15) is 0 Å². The predicted octanol–water partition coefficient (Wildman–Crippen LogP) is 6.24. The molecule has 0 saturated heterocycles. The lowest BCUT2D eigenvalue weighted by molar-refractivity contribution is 0.0984. The minimum Gasteiger partial charge on any atom is -0.279 e. The molecule has 0 atom stereocenters. The van der Waals surface area contributed by atoms with Crippen LogP contribution in [0.15, 0.2) is 66.7 Å². The van der Waals surface area contributed by atoms with Crippen molar-refractivity contribution < 1.29 is 9.18 Å². The Morgan fingerprint density at radius 3 is 2.61 bits per heavy atom. The summed E-state index contributed by atoms with van der Waals surface area (Å²) in [5.74, 6) is -0.759. The molecule has 1 heterocycles. The summed E-state index contributed by atoms with van der Waals surface area (Å²) >= 11 is 7.70. The molecule has 0 aliphatic rings. The van der Waals surface area contributed by atoms with E-state index in [2.05, 4.69) is 4.98 Å². The third-order valence-electron chi connectivity index (χ3n) is 4.42. The Hall–Kier alpha value is -2.76. The number of aromatic nitrogens is 1. The van der Waals surface area contributed by atoms with Gasteiger partial charge in [0.25, 0.3) is 5.91 Å². The predicted molar refractivity (Wildman–Crippen MR) is 113 cm³/mol. The maximum Gasteiger partial charge on any atom is 0.260 e. The van der Waals surface area contributed by atoms with Gasteiger partial charge in [0.1, 0.15) is 5.82 Å². The van der Waals surface area contributed by atoms with Gasteiger partial charge in [0.05, 0.1) is 21.8 Å². The molecule has 1 aromatic heterocycles. The summed E-state index contributed by atoms with van der Waals surface area (Å²) in [6.07, 6.45) is 0. The SMILES string of the molecule is Cc1ccc(Cl)c2sc(N(Cc3ccccc3)C(=O)c3cccc(F)c3)nc12. The van der Waals surface area contributed by atoms with Crippen LogP contribution in [0.2, 0.25) is 5.02 Å². The molecule has 3 aromatic carbocycles. The van der Waals surface area contributed by atoms with Crippen molar-refractivity contribution in [1.29, 1.82) is 0 Å². The maximum absolute atomic E-state index is 13.7. The van der Waals surface area contributed by atoms with E-state index in [0.717, 1.165) is 21.3 Å². The van der Waals surface area contributed by atoms with Crippen molar-refractivity contribution in [3.05, 3.63) is 94.3 Å². The molecule has 0 aliphatic carbocycles. The number of aryl methyl sites for hydroxylation is 1. The van der Waals surface area contributed by atoms with E-state index in [-0.39, 0.29) is 11.5 Å². The summed E-state index contributed by atoms with van der Waals surface area (Å²) in [6.45, 7) is 2.28. The maximum atomic E-state index is 13.7. The molecule has 0 saturated carbocycles. The fourth-order valence-electron chi connectivity index (χ4n) is 2.98. The lowest BCUT2D eigenvalue weighted by atomic mass is 10.1. The molecule has 0 spiro atoms. The molecule has 1 amide bonds. The van der Waals surface area contributed by atoms with Crippen LogP contribution >= 0.6 is 22.9 Å². The van der Waals surface area contributed by atoms with Gasteiger partial charge in [0, 0.05) is 5.56 Å². The first-order valence-corrected chi connectivity index (χ1v) is 9.89. The van der Waals surface area contributed by atoms with Gasteiger partial charge in [-0.05, 0) is 42.3 Å². The Morgan fingerprint density at radius 1 is 1.11 bits per heavy atom. The first-order valence-electron chi connectivity index (χ1n) is 8.70. The van der Waals surface area contributed by atoms with Crippen LogP contribution in [0.25, 0.3) is 10.2 Å². The second-order valence-electron chi connectivity index (χ2n) is 6.43. The van der Waals surface area contributed by atoms with E-state index < -0.39 is 5.82 Å². The number of hydrogen-bond acceptors (Lipinski definition) is 3. The van der Waals surface area contributed by atoms with Gasteiger partial charge in [0.15, 0.2) is 5.13 Å². The smallest absolute Gasteiger partial charge is 0.260 e. The Labute approximate surface area is 171 Å². The minimum atomic E-state index is -0.450. The van der Waals surface area contributed by atoms with Crippen LogP contribution in [-0.4, -0.2) is 10.9 Å². The average molecular weight is 411 g/mol. The first kappa shape index (κ1) is 18.6. The Balaban J connectivity index is 1.82. The highest BCUT2D eigenvalue weighted by Crippen LogP contribution is 2.36. The Morgan fingerprint density at radius 2 is 1.89 bits per heavy atom. The zero-order valence-electron chi connectivity index (χ0n) is 15.0. The third kappa shape index (κ3) is 3.63. The van der Waals surface area contributed by atoms with Crippen molar-refractivity contribution in [3.8, 4) is 0 Å². The summed E-state index contributed by atoms with van der Waals surface area (Å²) < 4.78 is 14.5. The van der Waals surface area contributed by atoms with Gasteiger partial charge >= 0.3 is 0 Å². The fraction of sp³-hybridized carbons (Fsp3) is 0.0909. The van der Waals surface area contributed by atoms with Gasteiger partial charge in [0.2, 0.25) is 0 Å². The standard InChI is InChI=1S/C22H16ClFN2OS/c1-14-10-11-18(23)20-19(14)25-22(28-20)26(13-15-6-3-2-4-7-15)21(27)16-8-5-9-17(24)12-16/h2-12H,13H2,1H3. The number of rotatable bonds is 4. The second-order valence-corrected chi connectivity index (χ2v) is 7.81. The number of carbonyl (C=O) groups excluding carboxylic acids is 1. The third-order valence-corrected chi connectivity index (χ3v) is 5.96. The molecular formula is C22H16ClFN2OS. The number of hydrogen-bond donors (Lipinski definition) is 0. The quantitative estimate of drug-likeness (QED) is 0.398. The van der Waals surface area contributed by atoms with E-state index in [1.807, 2.05) is 49.4 Å². The Bertz CT molecular complexity index is 1120. The summed E-state index contributed by atoms with van der Waals surface area (Å²) in [5, 5.41) is 1.13. The molecule has 140 valence electrons. The van der Waals surface area contributed by atoms with Crippen LogP contribution in [0.4, 0.5) is 9.52 Å². The molecule has 3 nitrogen and oxygen atoms in total. The number of benzene rings is 3. The minimum absolute atomic E-state index is 0.276. The zero-order chi connectivity index (χ0) is 19.7. The van der Waals surface area contributed by atoms with E-state index in [1.54, 1.807) is 11.0 Å². The van der Waals surface area contributed by atoms with E-state index in [9.17, 15) is 9.18 Å². The van der Waals surface area contributed by atoms with Crippen LogP contribution in [0.1, 0.15) is 21.5 Å². The zero-order valence-corrected chi connectivity index (χ0v) is 16.6. The van der Waals surface area contributed by atoms with Gasteiger partial charge in [-0.15, -0.1) is 0 Å². The highest BCUT2D eigenvalue weighted by molar-refractivity contribution is 7.23. The summed E-state index contributed by atoms with van der Waals surface area (Å²) in [7, 11) is 0. The number of nitrogens with zero attached hydrogens (tertiary/aromatic N) is 2. The van der Waals surface area contributed by atoms with Crippen LogP contribution in [0, 0.1) is 12.7 Å². The van der Waals surface area contributed by atoms with Crippen LogP contribution in [0.3, 0.4) is 0 Å². The van der Waals surface area contributed by atoms with E-state index in [1.165, 1.54) is 29.5 Å². The largest absolute Gasteiger partial charge is 0.279 e. The summed E-state index contributed by atoms with van der Waals surface area (Å²) in [4.78, 5) is 19.5. The molecule has 0 unspecified atom stereocenters. The molecule has 4 aromatic rings. The topological polar surface area (TPSA) is 33.2 Å². The van der Waals surface area contributed by atoms with E-state index in [4.69, 9.17) is 11.6 Å². The van der Waals surface area contributed by atoms with Crippen molar-refractivity contribution in [2.24, 2.45) is 0 Å². The number of fused-ring (bicyclic) bond motifs is 1. The summed E-state index contributed by atoms with van der Waals surface area (Å²) in [5.41, 5.74) is 2.99. The average Bonchev–Trinajstić information content (AvgIpc) is 3.16. The molecule has 28 heavy (non-hydrogen) atoms. The second kappa shape index (κ2) is 7.70. The number of amides is 1. The van der Waals surface area contributed by atoms with Crippen molar-refractivity contribution >= 4 is 44.2 Å². The van der Waals surface area contributed by atoms with E-state index in [0.29, 0.717) is 16.7 Å². The lowest BCUT2D eigenvalue weighted by Gasteiger charge is -2.20. The number of carbonyl (C=O) groups is 1. The van der Waals surface area contributed by atoms with Crippen molar-refractivity contribution in [3.63, 3.8) is 0 Å². The molecule has 4 rings (SSSR count). The van der Waals surface area contributed by atoms with Crippen LogP contribution < -0.4 is 4.90 Å². The summed E-state index contributed by atoms with van der Waals surface area (Å²) in [6, 6.07) is 19.1. The Kier molecular flexibility index (Phi) is 5.11. The molecular weight excluding hydrogens is 395 g/mol. The molecule has 0 bridgehead atoms. The van der Waals surface area contributed by atoms with Crippen LogP contribution in [0.5, 0.6) is 0 Å². The van der Waals surface area contributed by atoms with Crippen molar-refractivity contribution in [2.75, 3.05) is 4.90 Å². The highest BCUT2D eigenvalue weighted by Gasteiger charge is 2.23.